The molecular formula is C30H38N6O4. The number of amides is 1. The molecule has 1 saturated heterocycles. The van der Waals surface area contributed by atoms with Gasteiger partial charge in [0.05, 0.1) is 28.7 Å². The number of anilines is 1. The minimum Gasteiger partial charge on any atom is -0.467 e. The van der Waals surface area contributed by atoms with Crippen LogP contribution >= 0.6 is 0 Å². The summed E-state index contributed by atoms with van der Waals surface area (Å²) in [6, 6.07) is 10.2. The predicted molar refractivity (Wildman–Crippen MR) is 156 cm³/mol. The van der Waals surface area contributed by atoms with E-state index in [4.69, 9.17) is 24.2 Å². The van der Waals surface area contributed by atoms with Crippen LogP contribution in [0.25, 0.3) is 33.2 Å². The monoisotopic (exact) mass is 546 g/mol. The van der Waals surface area contributed by atoms with Crippen LogP contribution < -0.4 is 9.64 Å². The summed E-state index contributed by atoms with van der Waals surface area (Å²) in [5, 5.41) is 6.46. The number of fused-ring (bicyclic) bond motifs is 2. The van der Waals surface area contributed by atoms with Crippen LogP contribution in [-0.4, -0.2) is 75.4 Å². The fourth-order valence-corrected chi connectivity index (χ4v) is 5.39. The summed E-state index contributed by atoms with van der Waals surface area (Å²) in [7, 11) is 3.48. The molecule has 1 aliphatic heterocycles. The molecule has 3 heterocycles. The van der Waals surface area contributed by atoms with Crippen molar-refractivity contribution in [1.29, 1.82) is 0 Å². The summed E-state index contributed by atoms with van der Waals surface area (Å²) in [5.41, 5.74) is 3.89. The Balaban J connectivity index is 1.45. The summed E-state index contributed by atoms with van der Waals surface area (Å²) in [6.07, 6.45) is 1.70. The smallest absolute Gasteiger partial charge is 0.410 e. The van der Waals surface area contributed by atoms with Crippen molar-refractivity contribution in [1.82, 2.24) is 24.6 Å². The van der Waals surface area contributed by atoms with Gasteiger partial charge in [-0.3, -0.25) is 9.58 Å². The van der Waals surface area contributed by atoms with Gasteiger partial charge < -0.3 is 19.1 Å². The Kier molecular flexibility index (Phi) is 7.31. The maximum Gasteiger partial charge on any atom is 0.410 e. The number of aromatic nitrogens is 4. The van der Waals surface area contributed by atoms with Crippen LogP contribution in [0, 0.1) is 6.92 Å². The molecule has 0 N–H and O–H groups in total. The molecule has 212 valence electrons. The van der Waals surface area contributed by atoms with Crippen LogP contribution in [0.3, 0.4) is 0 Å². The third-order valence-corrected chi connectivity index (χ3v) is 7.05. The number of aryl methyl sites for hydroxylation is 2. The van der Waals surface area contributed by atoms with Crippen molar-refractivity contribution in [2.75, 3.05) is 31.9 Å². The number of ether oxygens (including phenoxy) is 3. The molecule has 4 aromatic rings. The fraction of sp³-hybridized carbons (Fsp3) is 0.467. The molecule has 0 unspecified atom stereocenters. The zero-order valence-corrected chi connectivity index (χ0v) is 24.6. The van der Waals surface area contributed by atoms with E-state index in [0.717, 1.165) is 38.8 Å². The number of rotatable bonds is 5. The van der Waals surface area contributed by atoms with Crippen LogP contribution in [0.15, 0.2) is 36.5 Å². The maximum atomic E-state index is 12.8. The first kappa shape index (κ1) is 27.6. The van der Waals surface area contributed by atoms with Gasteiger partial charge in [0, 0.05) is 61.7 Å². The normalized spacial score (nSPS) is 18.0. The van der Waals surface area contributed by atoms with Crippen molar-refractivity contribution >= 4 is 33.6 Å². The second-order valence-corrected chi connectivity index (χ2v) is 11.6. The molecule has 2 aromatic carbocycles. The Morgan fingerprint density at radius 3 is 2.45 bits per heavy atom. The highest BCUT2D eigenvalue weighted by Gasteiger charge is 2.35. The third-order valence-electron chi connectivity index (χ3n) is 7.05. The van der Waals surface area contributed by atoms with Gasteiger partial charge in [0.25, 0.3) is 0 Å². The van der Waals surface area contributed by atoms with Crippen molar-refractivity contribution in [3.8, 4) is 17.1 Å². The van der Waals surface area contributed by atoms with Gasteiger partial charge in [0.15, 0.2) is 12.6 Å². The molecule has 1 aliphatic rings. The zero-order valence-electron chi connectivity index (χ0n) is 24.6. The second-order valence-electron chi connectivity index (χ2n) is 11.6. The number of hydrogen-bond acceptors (Lipinski definition) is 8. The van der Waals surface area contributed by atoms with Gasteiger partial charge in [-0.05, 0) is 65.8 Å². The molecule has 0 spiro atoms. The molecular weight excluding hydrogens is 508 g/mol. The summed E-state index contributed by atoms with van der Waals surface area (Å²) < 4.78 is 18.5. The van der Waals surface area contributed by atoms with Gasteiger partial charge in [0.1, 0.15) is 11.4 Å². The topological polar surface area (TPSA) is 94.8 Å². The second kappa shape index (κ2) is 10.6. The molecule has 2 atom stereocenters. The lowest BCUT2D eigenvalue weighted by atomic mass is 10.1. The van der Waals surface area contributed by atoms with E-state index >= 15 is 0 Å². The Labute approximate surface area is 234 Å². The summed E-state index contributed by atoms with van der Waals surface area (Å²) >= 11 is 0. The Bertz CT molecular complexity index is 1550. The molecule has 2 aromatic heterocycles. The van der Waals surface area contributed by atoms with E-state index in [1.54, 1.807) is 11.8 Å². The van der Waals surface area contributed by atoms with E-state index in [1.807, 2.05) is 64.0 Å². The molecule has 10 nitrogen and oxygen atoms in total. The zero-order chi connectivity index (χ0) is 28.8. The molecule has 5 rings (SSSR count). The first-order chi connectivity index (χ1) is 18.9. The maximum absolute atomic E-state index is 12.8. The lowest BCUT2D eigenvalue weighted by Gasteiger charge is -2.45. The minimum absolute atomic E-state index is 0.00179. The standard InChI is InChI=1S/C30H38N6O4/c1-18-14-35(15-19(2)36(18)29(37)40-30(4,5)6)22-9-10-25-23(12-22)20(3)31-28(32-25)24-11-21-16-34(7)33-26(21)13-27(24)39-17-38-8/h9-13,16,18-19H,14-15,17H2,1-8H3/t18-,19+. The number of methoxy groups -OCH3 is 1. The van der Waals surface area contributed by atoms with Crippen LogP contribution in [-0.2, 0) is 16.5 Å². The highest BCUT2D eigenvalue weighted by atomic mass is 16.7. The highest BCUT2D eigenvalue weighted by molar-refractivity contribution is 5.90. The van der Waals surface area contributed by atoms with E-state index in [0.29, 0.717) is 24.7 Å². The first-order valence-corrected chi connectivity index (χ1v) is 13.6. The van der Waals surface area contributed by atoms with Crippen molar-refractivity contribution in [2.24, 2.45) is 7.05 Å². The highest BCUT2D eigenvalue weighted by Crippen LogP contribution is 2.34. The number of carbonyl (C=O) groups is 1. The number of benzene rings is 2. The number of hydrogen-bond donors (Lipinski definition) is 0. The van der Waals surface area contributed by atoms with Gasteiger partial charge in [0.2, 0.25) is 0 Å². The van der Waals surface area contributed by atoms with Crippen molar-refractivity contribution < 1.29 is 19.0 Å². The van der Waals surface area contributed by atoms with E-state index in [9.17, 15) is 4.79 Å². The largest absolute Gasteiger partial charge is 0.467 e. The average molecular weight is 547 g/mol. The lowest BCUT2D eigenvalue weighted by Crippen LogP contribution is -2.59. The molecule has 1 fully saturated rings. The van der Waals surface area contributed by atoms with Gasteiger partial charge in [-0.25, -0.2) is 14.8 Å². The molecule has 40 heavy (non-hydrogen) atoms. The van der Waals surface area contributed by atoms with Crippen LogP contribution in [0.2, 0.25) is 0 Å². The third kappa shape index (κ3) is 5.54. The van der Waals surface area contributed by atoms with Crippen LogP contribution in [0.4, 0.5) is 10.5 Å². The van der Waals surface area contributed by atoms with Crippen molar-refractivity contribution in [2.45, 2.75) is 59.2 Å². The number of piperazine rings is 1. The Morgan fingerprint density at radius 2 is 1.77 bits per heavy atom. The molecule has 1 amide bonds. The molecule has 0 radical (unpaired) electrons. The van der Waals surface area contributed by atoms with Crippen molar-refractivity contribution in [3.63, 3.8) is 0 Å². The van der Waals surface area contributed by atoms with E-state index in [2.05, 4.69) is 36.0 Å². The Hall–Kier alpha value is -3.92. The lowest BCUT2D eigenvalue weighted by molar-refractivity contribution is 0.00566. The van der Waals surface area contributed by atoms with Crippen molar-refractivity contribution in [3.05, 3.63) is 42.2 Å². The van der Waals surface area contributed by atoms with Gasteiger partial charge in [-0.1, -0.05) is 0 Å². The quantitative estimate of drug-likeness (QED) is 0.311. The van der Waals surface area contributed by atoms with Crippen LogP contribution in [0.5, 0.6) is 5.75 Å². The first-order valence-electron chi connectivity index (χ1n) is 13.6. The van der Waals surface area contributed by atoms with Crippen LogP contribution in [0.1, 0.15) is 40.3 Å². The molecule has 0 saturated carbocycles. The SMILES string of the molecule is COCOc1cc2nn(C)cc2cc1-c1nc(C)c2cc(N3C[C@@H](C)N(C(=O)OC(C)(C)C)[C@@H](C)C3)ccc2n1. The van der Waals surface area contributed by atoms with E-state index < -0.39 is 5.60 Å². The van der Waals surface area contributed by atoms with Gasteiger partial charge in [-0.15, -0.1) is 0 Å². The van der Waals surface area contributed by atoms with E-state index in [-0.39, 0.29) is 25.0 Å². The summed E-state index contributed by atoms with van der Waals surface area (Å²) in [6.45, 7) is 13.3. The minimum atomic E-state index is -0.525. The number of nitrogens with zero attached hydrogens (tertiary/aromatic N) is 6. The molecule has 10 heteroatoms. The predicted octanol–water partition coefficient (Wildman–Crippen LogP) is 5.31. The molecule has 0 bridgehead atoms. The molecule has 0 aliphatic carbocycles. The Morgan fingerprint density at radius 1 is 1.05 bits per heavy atom. The van der Waals surface area contributed by atoms with E-state index in [1.165, 1.54) is 0 Å². The van der Waals surface area contributed by atoms with Gasteiger partial charge in [-0.2, -0.15) is 5.10 Å². The van der Waals surface area contributed by atoms with Gasteiger partial charge >= 0.3 is 6.09 Å². The average Bonchev–Trinajstić information content (AvgIpc) is 3.24. The summed E-state index contributed by atoms with van der Waals surface area (Å²) in [4.78, 5) is 26.8. The number of carbonyl (C=O) groups excluding carboxylic acids is 1. The summed E-state index contributed by atoms with van der Waals surface area (Å²) in [5.74, 6) is 1.21. The fourth-order valence-electron chi connectivity index (χ4n) is 5.39.